The normalized spacial score (nSPS) is 33.8. The van der Waals surface area contributed by atoms with Gasteiger partial charge in [-0.15, -0.1) is 0 Å². The predicted octanol–water partition coefficient (Wildman–Crippen LogP) is 0.745. The molecule has 2 aliphatic rings. The monoisotopic (exact) mass is 602 g/mol. The molecule has 12 nitrogen and oxygen atoms in total. The second-order valence-corrected chi connectivity index (χ2v) is 10.7. The Morgan fingerprint density at radius 1 is 0.786 bits per heavy atom. The third kappa shape index (κ3) is 11.1. The molecule has 12 heteroatoms. The van der Waals surface area contributed by atoms with Gasteiger partial charge in [-0.3, -0.25) is 4.79 Å². The van der Waals surface area contributed by atoms with Crippen LogP contribution in [-0.2, 0) is 23.7 Å². The molecule has 7 N–H and O–H groups in total. The summed E-state index contributed by atoms with van der Waals surface area (Å²) in [6.07, 6.45) is 8.89. The minimum Gasteiger partial charge on any atom is -0.463 e. The van der Waals surface area contributed by atoms with E-state index in [9.17, 15) is 40.5 Å². The Morgan fingerprint density at radius 2 is 1.43 bits per heavy atom. The average molecular weight is 603 g/mol. The van der Waals surface area contributed by atoms with Gasteiger partial charge in [0.25, 0.3) is 0 Å². The van der Waals surface area contributed by atoms with E-state index in [1.54, 1.807) is 0 Å². The fourth-order valence-corrected chi connectivity index (χ4v) is 4.75. The third-order valence-corrected chi connectivity index (χ3v) is 7.33. The highest BCUT2D eigenvalue weighted by atomic mass is 16.8. The molecule has 0 radical (unpaired) electrons. The average Bonchev–Trinajstić information content (AvgIpc) is 3.23. The first-order valence-corrected chi connectivity index (χ1v) is 14.9. The summed E-state index contributed by atoms with van der Waals surface area (Å²) in [5.74, 6) is -2.79. The van der Waals surface area contributed by atoms with Crippen molar-refractivity contribution >= 4 is 5.97 Å². The fraction of sp³-hybridized carbons (Fsp3) is 0.767. The van der Waals surface area contributed by atoms with Crippen LogP contribution in [0.5, 0.6) is 0 Å². The Bertz CT molecular complexity index is 846. The number of aliphatic hydroxyl groups is 7. The molecule has 2 saturated heterocycles. The highest BCUT2D eigenvalue weighted by molar-refractivity contribution is 5.69. The van der Waals surface area contributed by atoms with Gasteiger partial charge < -0.3 is 54.7 Å². The zero-order valence-electron chi connectivity index (χ0n) is 24.4. The van der Waals surface area contributed by atoms with Crippen LogP contribution in [0, 0.1) is 0 Å². The lowest BCUT2D eigenvalue weighted by Crippen LogP contribution is -2.62. The number of ether oxygens (including phenoxy) is 4. The highest BCUT2D eigenvalue weighted by Gasteiger charge is 2.58. The van der Waals surface area contributed by atoms with Crippen LogP contribution in [0.2, 0.25) is 0 Å². The van der Waals surface area contributed by atoms with Gasteiger partial charge in [-0.05, 0) is 38.5 Å². The molecule has 2 aliphatic heterocycles. The molecule has 0 unspecified atom stereocenters. The van der Waals surface area contributed by atoms with Crippen LogP contribution in [0.15, 0.2) is 36.5 Å². The van der Waals surface area contributed by atoms with Gasteiger partial charge in [-0.2, -0.15) is 0 Å². The van der Waals surface area contributed by atoms with Crippen LogP contribution in [0.25, 0.3) is 0 Å². The van der Waals surface area contributed by atoms with E-state index in [2.05, 4.69) is 43.4 Å². The van der Waals surface area contributed by atoms with Crippen LogP contribution in [0.4, 0.5) is 0 Å². The van der Waals surface area contributed by atoms with E-state index in [4.69, 9.17) is 18.9 Å². The van der Waals surface area contributed by atoms with Crippen molar-refractivity contribution < 1.29 is 59.5 Å². The van der Waals surface area contributed by atoms with E-state index in [0.29, 0.717) is 6.42 Å². The first-order chi connectivity index (χ1) is 20.2. The Morgan fingerprint density at radius 3 is 2.10 bits per heavy atom. The number of allylic oxidation sites excluding steroid dienone is 6. The lowest BCUT2D eigenvalue weighted by molar-refractivity contribution is -0.383. The zero-order chi connectivity index (χ0) is 31.0. The van der Waals surface area contributed by atoms with Gasteiger partial charge in [-0.1, -0.05) is 62.6 Å². The topological polar surface area (TPSA) is 196 Å². The molecule has 9 atom stereocenters. The van der Waals surface area contributed by atoms with Gasteiger partial charge in [0, 0.05) is 6.42 Å². The number of unbranched alkanes of at least 4 members (excludes halogenated alkanes) is 5. The molecule has 0 spiro atoms. The van der Waals surface area contributed by atoms with E-state index in [-0.39, 0.29) is 6.42 Å². The van der Waals surface area contributed by atoms with Crippen molar-refractivity contribution in [2.45, 2.75) is 126 Å². The second-order valence-electron chi connectivity index (χ2n) is 10.7. The maximum Gasteiger partial charge on any atom is 0.305 e. The lowest BCUT2D eigenvalue weighted by Gasteiger charge is -2.43. The molecule has 0 aromatic heterocycles. The fourth-order valence-electron chi connectivity index (χ4n) is 4.75. The molecule has 42 heavy (non-hydrogen) atoms. The molecule has 242 valence electrons. The Hall–Kier alpha value is -1.71. The molecule has 0 aromatic carbocycles. The van der Waals surface area contributed by atoms with Crippen molar-refractivity contribution in [3.63, 3.8) is 0 Å². The van der Waals surface area contributed by atoms with Crippen LogP contribution < -0.4 is 0 Å². The summed E-state index contributed by atoms with van der Waals surface area (Å²) in [5, 5.41) is 70.4. The first kappa shape index (κ1) is 36.5. The smallest absolute Gasteiger partial charge is 0.305 e. The number of rotatable bonds is 19. The Balaban J connectivity index is 1.65. The zero-order valence-corrected chi connectivity index (χ0v) is 24.4. The molecule has 0 aromatic rings. The molecule has 0 amide bonds. The van der Waals surface area contributed by atoms with Crippen molar-refractivity contribution in [3.8, 4) is 0 Å². The molecule has 0 bridgehead atoms. The largest absolute Gasteiger partial charge is 0.463 e. The Labute approximate surface area is 247 Å². The molecule has 0 aliphatic carbocycles. The first-order valence-electron chi connectivity index (χ1n) is 14.9. The number of carbonyl (C=O) groups excluding carboxylic acids is 1. The van der Waals surface area contributed by atoms with Gasteiger partial charge in [-0.25, -0.2) is 0 Å². The summed E-state index contributed by atoms with van der Waals surface area (Å²) in [6.45, 7) is -0.00901. The SMILES string of the molecule is CCC=CCC=CCC=CCCCCCCCC(=O)OC[C@H]1O[C@@](CO)(O[C@H]2O[C@H](CO)[C@@H](O)[C@H](O)[C@H]2O)[C@@H](O)[C@@H]1O. The number of esters is 1. The van der Waals surface area contributed by atoms with Crippen LogP contribution >= 0.6 is 0 Å². The van der Waals surface area contributed by atoms with Gasteiger partial charge in [0.05, 0.1) is 6.61 Å². The summed E-state index contributed by atoms with van der Waals surface area (Å²) < 4.78 is 21.4. The number of carbonyl (C=O) groups is 1. The van der Waals surface area contributed by atoms with Crippen molar-refractivity contribution in [2.24, 2.45) is 0 Å². The maximum absolute atomic E-state index is 12.2. The summed E-state index contributed by atoms with van der Waals surface area (Å²) in [7, 11) is 0. The van der Waals surface area contributed by atoms with Crippen LogP contribution in [0.3, 0.4) is 0 Å². The predicted molar refractivity (Wildman–Crippen MR) is 152 cm³/mol. The molecule has 0 saturated carbocycles. The maximum atomic E-state index is 12.2. The minimum absolute atomic E-state index is 0.178. The molecular weight excluding hydrogens is 552 g/mol. The summed E-state index contributed by atoms with van der Waals surface area (Å²) >= 11 is 0. The second kappa shape index (κ2) is 19.5. The van der Waals surface area contributed by atoms with E-state index < -0.39 is 80.6 Å². The van der Waals surface area contributed by atoms with Crippen LogP contribution in [0.1, 0.15) is 71.1 Å². The van der Waals surface area contributed by atoms with E-state index in [0.717, 1.165) is 51.4 Å². The van der Waals surface area contributed by atoms with Gasteiger partial charge in [0.1, 0.15) is 55.9 Å². The number of hydrogen-bond donors (Lipinski definition) is 7. The van der Waals surface area contributed by atoms with Crippen LogP contribution in [-0.4, -0.2) is 116 Å². The lowest BCUT2D eigenvalue weighted by atomic mass is 9.99. The van der Waals surface area contributed by atoms with E-state index in [1.165, 1.54) is 0 Å². The van der Waals surface area contributed by atoms with Crippen molar-refractivity contribution in [1.82, 2.24) is 0 Å². The van der Waals surface area contributed by atoms with Gasteiger partial charge in [0.15, 0.2) is 6.29 Å². The summed E-state index contributed by atoms with van der Waals surface area (Å²) in [4.78, 5) is 12.2. The van der Waals surface area contributed by atoms with Gasteiger partial charge >= 0.3 is 5.97 Å². The summed E-state index contributed by atoms with van der Waals surface area (Å²) in [5.41, 5.74) is 0. The van der Waals surface area contributed by atoms with E-state index in [1.807, 2.05) is 0 Å². The van der Waals surface area contributed by atoms with Crippen molar-refractivity contribution in [2.75, 3.05) is 19.8 Å². The van der Waals surface area contributed by atoms with Gasteiger partial charge in [0.2, 0.25) is 5.79 Å². The van der Waals surface area contributed by atoms with Crippen molar-refractivity contribution in [3.05, 3.63) is 36.5 Å². The number of aliphatic hydroxyl groups excluding tert-OH is 7. The number of hydrogen-bond acceptors (Lipinski definition) is 12. The standard InChI is InChI=1S/C30H50O12/c1-2-3-4-5-6-7-8-9-10-11-12-13-14-15-16-17-23(33)39-19-22-25(35)28(38)30(20-32,41-22)42-29-27(37)26(36)24(34)21(18-31)40-29/h3-4,6-7,9-10,21-22,24-29,31-32,34-38H,2,5,8,11-20H2,1H3/t21-,22-,24-,25-,26+,27-,28+,29-,30+/m1/s1. The van der Waals surface area contributed by atoms with E-state index >= 15 is 0 Å². The van der Waals surface area contributed by atoms with Crippen molar-refractivity contribution in [1.29, 1.82) is 0 Å². The molecular formula is C30H50O12. The highest BCUT2D eigenvalue weighted by Crippen LogP contribution is 2.36. The Kier molecular flexibility index (Phi) is 17.0. The third-order valence-electron chi connectivity index (χ3n) is 7.33. The minimum atomic E-state index is -2.29. The summed E-state index contributed by atoms with van der Waals surface area (Å²) in [6, 6.07) is 0. The molecule has 2 rings (SSSR count). The molecule has 2 heterocycles. The quantitative estimate of drug-likeness (QED) is 0.0623. The molecule has 2 fully saturated rings.